The van der Waals surface area contributed by atoms with Crippen LogP contribution in [0.2, 0.25) is 5.02 Å². The number of hydrazine groups is 1. The summed E-state index contributed by atoms with van der Waals surface area (Å²) >= 11 is 6.47. The first kappa shape index (κ1) is 23.3. The molecule has 160 valence electrons. The number of nitro benzene ring substituents is 1. The molecule has 2 N–H and O–H groups in total. The van der Waals surface area contributed by atoms with Crippen LogP contribution in [0.3, 0.4) is 0 Å². The summed E-state index contributed by atoms with van der Waals surface area (Å²) in [4.78, 5) is 34.0. The third-order valence-electron chi connectivity index (χ3n) is 3.56. The van der Waals surface area contributed by atoms with Gasteiger partial charge in [0.25, 0.3) is 11.6 Å². The molecule has 0 atom stereocenters. The zero-order chi connectivity index (χ0) is 22.5. The molecule has 0 bridgehead atoms. The minimum absolute atomic E-state index is 0.0522. The van der Waals surface area contributed by atoms with Crippen molar-refractivity contribution in [2.75, 3.05) is 12.9 Å². The lowest BCUT2D eigenvalue weighted by atomic mass is 10.2. The molecule has 0 fully saturated rings. The quantitative estimate of drug-likeness (QED) is 0.383. The number of thioether (sulfide) groups is 1. The van der Waals surface area contributed by atoms with Crippen LogP contribution in [0, 0.1) is 10.1 Å². The van der Waals surface area contributed by atoms with E-state index < -0.39 is 39.9 Å². The van der Waals surface area contributed by atoms with E-state index in [0.29, 0.717) is 23.9 Å². The van der Waals surface area contributed by atoms with Gasteiger partial charge in [-0.05, 0) is 30.3 Å². The minimum Gasteiger partial charge on any atom is -0.496 e. The summed E-state index contributed by atoms with van der Waals surface area (Å²) in [5.41, 5.74) is 2.32. The second-order valence-corrected chi connectivity index (χ2v) is 7.03. The predicted molar refractivity (Wildman–Crippen MR) is 102 cm³/mol. The summed E-state index contributed by atoms with van der Waals surface area (Å²) in [5.74, 6) is -1.67. The van der Waals surface area contributed by atoms with Crippen LogP contribution in [0.25, 0.3) is 0 Å². The Morgan fingerprint density at radius 1 is 1.20 bits per heavy atom. The lowest BCUT2D eigenvalue weighted by molar-refractivity contribution is -0.388. The van der Waals surface area contributed by atoms with E-state index in [1.165, 1.54) is 25.3 Å². The van der Waals surface area contributed by atoms with Crippen LogP contribution in [-0.4, -0.2) is 29.6 Å². The molecule has 0 unspecified atom stereocenters. The van der Waals surface area contributed by atoms with E-state index in [2.05, 4.69) is 10.9 Å². The van der Waals surface area contributed by atoms with Crippen molar-refractivity contribution in [2.24, 2.45) is 0 Å². The molecule has 30 heavy (non-hydrogen) atoms. The summed E-state index contributed by atoms with van der Waals surface area (Å²) < 4.78 is 43.2. The number of amides is 2. The zero-order valence-corrected chi connectivity index (χ0v) is 16.7. The molecular formula is C17H13ClF3N3O5S. The minimum atomic E-state index is -4.74. The highest BCUT2D eigenvalue weighted by molar-refractivity contribution is 8.00. The number of hydrogen-bond donors (Lipinski definition) is 2. The van der Waals surface area contributed by atoms with Crippen LogP contribution in [0.4, 0.5) is 18.9 Å². The number of hydrogen-bond acceptors (Lipinski definition) is 6. The van der Waals surface area contributed by atoms with E-state index in [0.717, 1.165) is 6.07 Å². The highest BCUT2D eigenvalue weighted by Gasteiger charge is 2.33. The highest BCUT2D eigenvalue weighted by atomic mass is 35.5. The van der Waals surface area contributed by atoms with Gasteiger partial charge < -0.3 is 4.74 Å². The van der Waals surface area contributed by atoms with E-state index in [4.69, 9.17) is 16.3 Å². The number of carbonyl (C=O) groups excluding carboxylic acids is 2. The van der Waals surface area contributed by atoms with E-state index >= 15 is 0 Å². The normalized spacial score (nSPS) is 11.0. The number of alkyl halides is 3. The van der Waals surface area contributed by atoms with E-state index in [1.54, 1.807) is 0 Å². The van der Waals surface area contributed by atoms with Gasteiger partial charge in [-0.1, -0.05) is 11.6 Å². The lowest BCUT2D eigenvalue weighted by Crippen LogP contribution is -2.42. The Morgan fingerprint density at radius 3 is 2.50 bits per heavy atom. The number of nitro groups is 1. The summed E-state index contributed by atoms with van der Waals surface area (Å²) in [6.07, 6.45) is -4.74. The Hall–Kier alpha value is -2.99. The number of methoxy groups -OCH3 is 1. The molecule has 0 saturated carbocycles. The number of nitrogens with zero attached hydrogens (tertiary/aromatic N) is 1. The number of ether oxygens (including phenoxy) is 1. The molecule has 2 rings (SSSR count). The Kier molecular flexibility index (Phi) is 7.51. The first-order valence-electron chi connectivity index (χ1n) is 7.94. The Balaban J connectivity index is 2.01. The molecule has 2 amide bonds. The van der Waals surface area contributed by atoms with Gasteiger partial charge in [0.2, 0.25) is 5.91 Å². The Labute approximate surface area is 176 Å². The molecule has 0 spiro atoms. The van der Waals surface area contributed by atoms with Crippen molar-refractivity contribution >= 4 is 40.9 Å². The molecule has 13 heteroatoms. The molecule has 2 aromatic rings. The maximum Gasteiger partial charge on any atom is 0.416 e. The molecule has 0 radical (unpaired) electrons. The number of rotatable bonds is 6. The van der Waals surface area contributed by atoms with Crippen LogP contribution < -0.4 is 15.6 Å². The number of benzene rings is 2. The fraction of sp³-hybridized carbons (Fsp3) is 0.176. The Morgan fingerprint density at radius 2 is 1.90 bits per heavy atom. The smallest absolute Gasteiger partial charge is 0.416 e. The van der Waals surface area contributed by atoms with Gasteiger partial charge in [0, 0.05) is 11.1 Å². The largest absolute Gasteiger partial charge is 0.496 e. The molecule has 2 aromatic carbocycles. The average molecular weight is 464 g/mol. The zero-order valence-electron chi connectivity index (χ0n) is 15.1. The van der Waals surface area contributed by atoms with E-state index in [1.807, 2.05) is 0 Å². The van der Waals surface area contributed by atoms with Gasteiger partial charge in [0.05, 0.1) is 33.8 Å². The van der Waals surface area contributed by atoms with Gasteiger partial charge in [-0.2, -0.15) is 13.2 Å². The van der Waals surface area contributed by atoms with Crippen molar-refractivity contribution in [3.63, 3.8) is 0 Å². The van der Waals surface area contributed by atoms with Crippen LogP contribution in [0.15, 0.2) is 41.3 Å². The fourth-order valence-electron chi connectivity index (χ4n) is 2.19. The average Bonchev–Trinajstić information content (AvgIpc) is 2.69. The van der Waals surface area contributed by atoms with Crippen LogP contribution in [0.1, 0.15) is 15.9 Å². The van der Waals surface area contributed by atoms with E-state index in [9.17, 15) is 32.9 Å². The summed E-state index contributed by atoms with van der Waals surface area (Å²) in [6, 6.07) is 6.27. The van der Waals surface area contributed by atoms with Crippen molar-refractivity contribution < 1.29 is 32.4 Å². The van der Waals surface area contributed by atoms with Gasteiger partial charge in [0.15, 0.2) is 0 Å². The Bertz CT molecular complexity index is 988. The topological polar surface area (TPSA) is 111 Å². The number of nitrogens with one attached hydrogen (secondary N) is 2. The number of halogens is 4. The van der Waals surface area contributed by atoms with Crippen LogP contribution >= 0.6 is 23.4 Å². The SMILES string of the molecule is COc1ccc(Cl)cc1C(=O)NNC(=O)CSc1ccc(C(F)(F)F)cc1[N+](=O)[O-]. The fourth-order valence-corrected chi connectivity index (χ4v) is 3.17. The monoisotopic (exact) mass is 463 g/mol. The molecule has 0 aromatic heterocycles. The van der Waals surface area contributed by atoms with E-state index in [-0.39, 0.29) is 21.2 Å². The van der Waals surface area contributed by atoms with Crippen LogP contribution in [0.5, 0.6) is 5.75 Å². The molecule has 0 heterocycles. The number of carbonyl (C=O) groups is 2. The van der Waals surface area contributed by atoms with Gasteiger partial charge >= 0.3 is 6.18 Å². The van der Waals surface area contributed by atoms with Gasteiger partial charge in [-0.15, -0.1) is 11.8 Å². The third kappa shape index (κ3) is 6.00. The summed E-state index contributed by atoms with van der Waals surface area (Å²) in [5, 5.41) is 11.3. The maximum atomic E-state index is 12.7. The van der Waals surface area contributed by atoms with Crippen molar-refractivity contribution in [2.45, 2.75) is 11.1 Å². The van der Waals surface area contributed by atoms with Gasteiger partial charge in [0.1, 0.15) is 5.75 Å². The van der Waals surface area contributed by atoms with Crippen molar-refractivity contribution in [3.05, 3.63) is 62.7 Å². The van der Waals surface area contributed by atoms with Gasteiger partial charge in [-0.3, -0.25) is 30.6 Å². The molecular weight excluding hydrogens is 451 g/mol. The predicted octanol–water partition coefficient (Wildman–Crippen LogP) is 3.83. The van der Waals surface area contributed by atoms with Crippen molar-refractivity contribution in [1.82, 2.24) is 10.9 Å². The molecule has 0 aliphatic carbocycles. The third-order valence-corrected chi connectivity index (χ3v) is 4.86. The molecule has 0 saturated heterocycles. The first-order valence-corrected chi connectivity index (χ1v) is 9.30. The lowest BCUT2D eigenvalue weighted by Gasteiger charge is -2.11. The van der Waals surface area contributed by atoms with Crippen molar-refractivity contribution in [3.8, 4) is 5.75 Å². The first-order chi connectivity index (χ1) is 14.0. The molecule has 0 aliphatic heterocycles. The second kappa shape index (κ2) is 9.67. The second-order valence-electron chi connectivity index (χ2n) is 5.57. The highest BCUT2D eigenvalue weighted by Crippen LogP contribution is 2.36. The van der Waals surface area contributed by atoms with Crippen molar-refractivity contribution in [1.29, 1.82) is 0 Å². The van der Waals surface area contributed by atoms with Gasteiger partial charge in [-0.25, -0.2) is 0 Å². The molecule has 8 nitrogen and oxygen atoms in total. The molecule has 0 aliphatic rings. The summed E-state index contributed by atoms with van der Waals surface area (Å²) in [6.45, 7) is 0. The summed E-state index contributed by atoms with van der Waals surface area (Å²) in [7, 11) is 1.34. The van der Waals surface area contributed by atoms with Crippen LogP contribution in [-0.2, 0) is 11.0 Å². The standard InChI is InChI=1S/C17H13ClF3N3O5S/c1-29-13-4-3-10(18)7-11(13)16(26)23-22-15(25)8-30-14-5-2-9(17(19,20)21)6-12(14)24(27)28/h2-7H,8H2,1H3,(H,22,25)(H,23,26). The maximum absolute atomic E-state index is 12.7.